The van der Waals surface area contributed by atoms with Gasteiger partial charge in [-0.15, -0.1) is 0 Å². The highest BCUT2D eigenvalue weighted by molar-refractivity contribution is 5.98. The number of rotatable bonds is 5. The summed E-state index contributed by atoms with van der Waals surface area (Å²) in [5.74, 6) is -2.82. The van der Waals surface area contributed by atoms with Crippen LogP contribution < -0.4 is 10.9 Å². The molecule has 2 amide bonds. The van der Waals surface area contributed by atoms with Crippen molar-refractivity contribution in [2.45, 2.75) is 25.6 Å². The molecule has 2 aliphatic heterocycles. The topological polar surface area (TPSA) is 117 Å². The fraction of sp³-hybridized carbons (Fsp3) is 0.320. The highest BCUT2D eigenvalue weighted by Gasteiger charge is 2.57. The normalized spacial score (nSPS) is 22.5. The van der Waals surface area contributed by atoms with E-state index in [1.54, 1.807) is 42.1 Å². The van der Waals surface area contributed by atoms with Gasteiger partial charge in [-0.05, 0) is 31.2 Å². The molecule has 4 heterocycles. The fourth-order valence-corrected chi connectivity index (χ4v) is 5.42. The first-order valence-electron chi connectivity index (χ1n) is 11.4. The van der Waals surface area contributed by atoms with E-state index in [1.807, 2.05) is 0 Å². The summed E-state index contributed by atoms with van der Waals surface area (Å²) in [6, 6.07) is 7.29. The molecule has 10 heteroatoms. The minimum atomic E-state index is -1.01. The van der Waals surface area contributed by atoms with E-state index in [2.05, 4.69) is 15.3 Å². The Balaban J connectivity index is 1.65. The number of hydrogen-bond donors (Lipinski definition) is 2. The maximum Gasteiger partial charge on any atom is 0.258 e. The van der Waals surface area contributed by atoms with Crippen LogP contribution in [0.2, 0.25) is 0 Å². The molecule has 0 saturated carbocycles. The van der Waals surface area contributed by atoms with Crippen LogP contribution in [0.15, 0.2) is 59.9 Å². The molecule has 0 radical (unpaired) electrons. The number of aliphatic hydroxyl groups excluding tert-OH is 1. The lowest BCUT2D eigenvalue weighted by molar-refractivity contribution is -0.126. The number of carbonyl (C=O) groups excluding carboxylic acids is 2. The van der Waals surface area contributed by atoms with Gasteiger partial charge in [0.25, 0.3) is 11.5 Å². The van der Waals surface area contributed by atoms with E-state index in [-0.39, 0.29) is 24.3 Å². The van der Waals surface area contributed by atoms with Gasteiger partial charge in [0.05, 0.1) is 17.2 Å². The number of likely N-dealkylation sites (tertiary alicyclic amines) is 1. The second kappa shape index (κ2) is 9.03. The van der Waals surface area contributed by atoms with E-state index in [0.717, 1.165) is 0 Å². The van der Waals surface area contributed by atoms with Gasteiger partial charge in [0.2, 0.25) is 5.91 Å². The molecule has 35 heavy (non-hydrogen) atoms. The van der Waals surface area contributed by atoms with Crippen LogP contribution in [0.3, 0.4) is 0 Å². The standard InChI is InChI=1S/C25H24FN5O4/c1-2-29-23(33)22-18(12-32)17-11-30-20(8-7-15(24(30)34)14-9-27-13-28-10-14)21(17)31(22)25(35)16-5-3-4-6-19(16)26/h3-10,13,17-18,21-22,32H,2,11-12H2,1H3,(H,29,33)/t17-,18-,21+,22-/m1/s1. The number of aliphatic hydroxyl groups is 1. The summed E-state index contributed by atoms with van der Waals surface area (Å²) in [5.41, 5.74) is 1.05. The third-order valence-electron chi connectivity index (χ3n) is 6.91. The number of carbonyl (C=O) groups is 2. The van der Waals surface area contributed by atoms with Gasteiger partial charge in [-0.2, -0.15) is 0 Å². The lowest BCUT2D eigenvalue weighted by Crippen LogP contribution is -2.50. The molecule has 9 nitrogen and oxygen atoms in total. The van der Waals surface area contributed by atoms with Crippen molar-refractivity contribution < 1.29 is 19.1 Å². The zero-order valence-electron chi connectivity index (χ0n) is 19.0. The fourth-order valence-electron chi connectivity index (χ4n) is 5.42. The monoisotopic (exact) mass is 477 g/mol. The van der Waals surface area contributed by atoms with Crippen molar-refractivity contribution in [1.29, 1.82) is 0 Å². The predicted molar refractivity (Wildman–Crippen MR) is 124 cm³/mol. The van der Waals surface area contributed by atoms with Crippen molar-refractivity contribution in [3.05, 3.63) is 82.5 Å². The molecule has 0 aliphatic carbocycles. The molecule has 1 aromatic carbocycles. The first-order valence-corrected chi connectivity index (χ1v) is 11.4. The number of nitrogens with one attached hydrogen (secondary N) is 1. The second-order valence-corrected chi connectivity index (χ2v) is 8.70. The number of pyridine rings is 1. The third kappa shape index (κ3) is 3.61. The molecule has 0 unspecified atom stereocenters. The van der Waals surface area contributed by atoms with Crippen molar-refractivity contribution in [3.8, 4) is 11.1 Å². The second-order valence-electron chi connectivity index (χ2n) is 8.70. The molecule has 2 N–H and O–H groups in total. The highest BCUT2D eigenvalue weighted by atomic mass is 19.1. The number of aromatic nitrogens is 3. The van der Waals surface area contributed by atoms with Crippen LogP contribution in [-0.4, -0.2) is 55.5 Å². The van der Waals surface area contributed by atoms with E-state index in [1.165, 1.54) is 29.4 Å². The largest absolute Gasteiger partial charge is 0.396 e. The van der Waals surface area contributed by atoms with E-state index in [4.69, 9.17) is 0 Å². The molecule has 2 aromatic heterocycles. The number of amides is 2. The lowest BCUT2D eigenvalue weighted by Gasteiger charge is -2.31. The summed E-state index contributed by atoms with van der Waals surface area (Å²) in [7, 11) is 0. The molecule has 1 fully saturated rings. The van der Waals surface area contributed by atoms with Gasteiger partial charge in [-0.3, -0.25) is 14.4 Å². The molecular formula is C25H24FN5O4. The summed E-state index contributed by atoms with van der Waals surface area (Å²) < 4.78 is 16.2. The molecule has 0 bridgehead atoms. The summed E-state index contributed by atoms with van der Waals surface area (Å²) in [4.78, 5) is 49.5. The molecule has 4 atom stereocenters. The predicted octanol–water partition coefficient (Wildman–Crippen LogP) is 1.38. The zero-order chi connectivity index (χ0) is 24.7. The van der Waals surface area contributed by atoms with Crippen LogP contribution in [0.5, 0.6) is 0 Å². The number of nitrogens with zero attached hydrogens (tertiary/aromatic N) is 4. The van der Waals surface area contributed by atoms with Gasteiger partial charge in [0.15, 0.2) is 0 Å². The Labute approximate surface area is 200 Å². The Hall–Kier alpha value is -3.92. The zero-order valence-corrected chi connectivity index (χ0v) is 19.0. The Bertz CT molecular complexity index is 1350. The number of likely N-dealkylation sites (N-methyl/N-ethyl adjacent to an activating group) is 1. The van der Waals surface area contributed by atoms with Crippen LogP contribution in [-0.2, 0) is 11.3 Å². The first kappa shape index (κ1) is 22.9. The van der Waals surface area contributed by atoms with E-state index >= 15 is 0 Å². The summed E-state index contributed by atoms with van der Waals surface area (Å²) in [6.45, 7) is 1.94. The number of fused-ring (bicyclic) bond motifs is 3. The van der Waals surface area contributed by atoms with Crippen molar-refractivity contribution in [3.63, 3.8) is 0 Å². The van der Waals surface area contributed by atoms with Gasteiger partial charge in [-0.25, -0.2) is 14.4 Å². The van der Waals surface area contributed by atoms with Gasteiger partial charge < -0.3 is 19.9 Å². The molecule has 180 valence electrons. The summed E-state index contributed by atoms with van der Waals surface area (Å²) in [6.07, 6.45) is 4.46. The Morgan fingerprint density at radius 2 is 1.91 bits per heavy atom. The first-order chi connectivity index (χ1) is 17.0. The smallest absolute Gasteiger partial charge is 0.258 e. The molecule has 3 aromatic rings. The van der Waals surface area contributed by atoms with Crippen LogP contribution in [0.1, 0.15) is 29.0 Å². The van der Waals surface area contributed by atoms with Crippen LogP contribution in [0, 0.1) is 17.7 Å². The molecule has 0 spiro atoms. The van der Waals surface area contributed by atoms with E-state index in [9.17, 15) is 23.9 Å². The van der Waals surface area contributed by atoms with Crippen molar-refractivity contribution in [2.24, 2.45) is 11.8 Å². The summed E-state index contributed by atoms with van der Waals surface area (Å²) in [5, 5.41) is 13.0. The maximum atomic E-state index is 14.6. The Morgan fingerprint density at radius 3 is 2.60 bits per heavy atom. The summed E-state index contributed by atoms with van der Waals surface area (Å²) >= 11 is 0. The van der Waals surface area contributed by atoms with Gasteiger partial charge in [-0.1, -0.05) is 12.1 Å². The average molecular weight is 477 g/mol. The number of hydrogen-bond acceptors (Lipinski definition) is 6. The van der Waals surface area contributed by atoms with Crippen molar-refractivity contribution >= 4 is 11.8 Å². The SMILES string of the molecule is CCNC(=O)[C@H]1[C@H](CO)[C@H]2Cn3c(ccc(-c4cncnc4)c3=O)[C@H]2N1C(=O)c1ccccc1F. The number of halogens is 1. The van der Waals surface area contributed by atoms with Crippen molar-refractivity contribution in [1.82, 2.24) is 24.8 Å². The van der Waals surface area contributed by atoms with Crippen LogP contribution in [0.4, 0.5) is 4.39 Å². The molecule has 2 aliphatic rings. The molecule has 5 rings (SSSR count). The van der Waals surface area contributed by atoms with Gasteiger partial charge in [0, 0.05) is 55.2 Å². The number of benzene rings is 1. The van der Waals surface area contributed by atoms with Crippen molar-refractivity contribution in [2.75, 3.05) is 13.2 Å². The highest BCUT2D eigenvalue weighted by Crippen LogP contribution is 2.50. The van der Waals surface area contributed by atoms with E-state index < -0.39 is 41.6 Å². The van der Waals surface area contributed by atoms with Crippen LogP contribution >= 0.6 is 0 Å². The lowest BCUT2D eigenvalue weighted by atomic mass is 9.88. The third-order valence-corrected chi connectivity index (χ3v) is 6.91. The Morgan fingerprint density at radius 1 is 1.17 bits per heavy atom. The van der Waals surface area contributed by atoms with Gasteiger partial charge >= 0.3 is 0 Å². The minimum Gasteiger partial charge on any atom is -0.396 e. The average Bonchev–Trinajstić information content (AvgIpc) is 3.40. The maximum absolute atomic E-state index is 14.6. The minimum absolute atomic E-state index is 0.169. The molecular weight excluding hydrogens is 453 g/mol. The molecule has 1 saturated heterocycles. The van der Waals surface area contributed by atoms with E-state index in [0.29, 0.717) is 23.4 Å². The Kier molecular flexibility index (Phi) is 5.89. The quantitative estimate of drug-likeness (QED) is 0.574. The van der Waals surface area contributed by atoms with Gasteiger partial charge in [0.1, 0.15) is 18.2 Å². The van der Waals surface area contributed by atoms with Crippen LogP contribution in [0.25, 0.3) is 11.1 Å².